The first-order valence-corrected chi connectivity index (χ1v) is 6.59. The zero-order valence-corrected chi connectivity index (χ0v) is 10.6. The molecule has 0 saturated heterocycles. The van der Waals surface area contributed by atoms with Gasteiger partial charge in [-0.3, -0.25) is 0 Å². The lowest BCUT2D eigenvalue weighted by molar-refractivity contribution is 0.619. The molecule has 0 aromatic heterocycles. The average Bonchev–Trinajstić information content (AvgIpc) is 2.52. The Morgan fingerprint density at radius 3 is 2.38 bits per heavy atom. The van der Waals surface area contributed by atoms with E-state index in [0.717, 1.165) is 0 Å². The second-order valence-corrected chi connectivity index (χ2v) is 5.15. The Bertz CT molecular complexity index is 335. The standard InChI is InChI=1S/C15H23N/c1-12-9-10-13(2)15(11-12)16-14-7-5-3-4-6-8-14/h9-11,14,16H,3-8H2,1-2H3. The molecule has 0 heterocycles. The first-order valence-electron chi connectivity index (χ1n) is 6.59. The molecule has 1 heteroatoms. The van der Waals surface area contributed by atoms with E-state index in [1.54, 1.807) is 0 Å². The molecule has 88 valence electrons. The van der Waals surface area contributed by atoms with E-state index in [-0.39, 0.29) is 0 Å². The van der Waals surface area contributed by atoms with Gasteiger partial charge in [-0.1, -0.05) is 37.8 Å². The fourth-order valence-electron chi connectivity index (χ4n) is 2.53. The Balaban J connectivity index is 2.04. The minimum Gasteiger partial charge on any atom is -0.382 e. The van der Waals surface area contributed by atoms with Crippen molar-refractivity contribution in [1.29, 1.82) is 0 Å². The summed E-state index contributed by atoms with van der Waals surface area (Å²) in [6.45, 7) is 4.36. The minimum atomic E-state index is 0.697. The Morgan fingerprint density at radius 2 is 1.69 bits per heavy atom. The molecule has 1 nitrogen and oxygen atoms in total. The highest BCUT2D eigenvalue weighted by Gasteiger charge is 2.12. The van der Waals surface area contributed by atoms with E-state index in [1.165, 1.54) is 55.3 Å². The van der Waals surface area contributed by atoms with Crippen LogP contribution in [-0.4, -0.2) is 6.04 Å². The summed E-state index contributed by atoms with van der Waals surface area (Å²) in [4.78, 5) is 0. The van der Waals surface area contributed by atoms with Crippen molar-refractivity contribution in [2.75, 3.05) is 5.32 Å². The maximum Gasteiger partial charge on any atom is 0.0374 e. The van der Waals surface area contributed by atoms with Gasteiger partial charge in [-0.05, 0) is 43.9 Å². The van der Waals surface area contributed by atoms with Crippen molar-refractivity contribution in [3.63, 3.8) is 0 Å². The Morgan fingerprint density at radius 1 is 1.00 bits per heavy atom. The molecule has 1 N–H and O–H groups in total. The molecule has 0 atom stereocenters. The van der Waals surface area contributed by atoms with Crippen LogP contribution in [0.2, 0.25) is 0 Å². The summed E-state index contributed by atoms with van der Waals surface area (Å²) in [6.07, 6.45) is 8.31. The molecule has 0 aliphatic heterocycles. The van der Waals surface area contributed by atoms with Crippen LogP contribution in [0.1, 0.15) is 49.7 Å². The molecule has 0 amide bonds. The zero-order chi connectivity index (χ0) is 11.4. The average molecular weight is 217 g/mol. The summed E-state index contributed by atoms with van der Waals surface area (Å²) in [5, 5.41) is 3.73. The second-order valence-electron chi connectivity index (χ2n) is 5.15. The van der Waals surface area contributed by atoms with E-state index in [4.69, 9.17) is 0 Å². The number of anilines is 1. The van der Waals surface area contributed by atoms with Crippen LogP contribution in [0.25, 0.3) is 0 Å². The van der Waals surface area contributed by atoms with E-state index in [9.17, 15) is 0 Å². The molecule has 0 unspecified atom stereocenters. The predicted molar refractivity (Wildman–Crippen MR) is 71.0 cm³/mol. The van der Waals surface area contributed by atoms with Crippen LogP contribution < -0.4 is 5.32 Å². The molecule has 1 fully saturated rings. The Kier molecular flexibility index (Phi) is 3.87. The van der Waals surface area contributed by atoms with Gasteiger partial charge in [-0.15, -0.1) is 0 Å². The third-order valence-corrected chi connectivity index (χ3v) is 3.61. The van der Waals surface area contributed by atoms with Gasteiger partial charge in [-0.2, -0.15) is 0 Å². The maximum absolute atomic E-state index is 3.73. The van der Waals surface area contributed by atoms with Crippen molar-refractivity contribution in [3.05, 3.63) is 29.3 Å². The van der Waals surface area contributed by atoms with Gasteiger partial charge in [0.25, 0.3) is 0 Å². The van der Waals surface area contributed by atoms with Gasteiger partial charge < -0.3 is 5.32 Å². The van der Waals surface area contributed by atoms with Gasteiger partial charge in [0.1, 0.15) is 0 Å². The molecule has 1 aromatic carbocycles. The topological polar surface area (TPSA) is 12.0 Å². The fourth-order valence-corrected chi connectivity index (χ4v) is 2.53. The van der Waals surface area contributed by atoms with Crippen LogP contribution >= 0.6 is 0 Å². The van der Waals surface area contributed by atoms with E-state index < -0.39 is 0 Å². The summed E-state index contributed by atoms with van der Waals surface area (Å²) < 4.78 is 0. The molecule has 2 rings (SSSR count). The van der Waals surface area contributed by atoms with Crippen molar-refractivity contribution < 1.29 is 0 Å². The number of hydrogen-bond acceptors (Lipinski definition) is 1. The zero-order valence-electron chi connectivity index (χ0n) is 10.6. The normalized spacial score (nSPS) is 18.1. The number of nitrogens with one attached hydrogen (secondary N) is 1. The molecular weight excluding hydrogens is 194 g/mol. The summed E-state index contributed by atoms with van der Waals surface area (Å²) >= 11 is 0. The Hall–Kier alpha value is -0.980. The first kappa shape index (κ1) is 11.5. The van der Waals surface area contributed by atoms with Crippen LogP contribution in [-0.2, 0) is 0 Å². The third-order valence-electron chi connectivity index (χ3n) is 3.61. The molecule has 1 aromatic rings. The van der Waals surface area contributed by atoms with Crippen LogP contribution in [0, 0.1) is 13.8 Å². The van der Waals surface area contributed by atoms with Crippen LogP contribution in [0.15, 0.2) is 18.2 Å². The van der Waals surface area contributed by atoms with Crippen molar-refractivity contribution in [3.8, 4) is 0 Å². The lowest BCUT2D eigenvalue weighted by Crippen LogP contribution is -2.18. The van der Waals surface area contributed by atoms with Crippen LogP contribution in [0.5, 0.6) is 0 Å². The number of hydrogen-bond donors (Lipinski definition) is 1. The fraction of sp³-hybridized carbons (Fsp3) is 0.600. The predicted octanol–water partition coefficient (Wildman–Crippen LogP) is 4.44. The lowest BCUT2D eigenvalue weighted by atomic mass is 10.1. The van der Waals surface area contributed by atoms with E-state index in [2.05, 4.69) is 37.4 Å². The lowest BCUT2D eigenvalue weighted by Gasteiger charge is -2.19. The molecule has 0 spiro atoms. The van der Waals surface area contributed by atoms with E-state index >= 15 is 0 Å². The smallest absolute Gasteiger partial charge is 0.0374 e. The summed E-state index contributed by atoms with van der Waals surface area (Å²) in [7, 11) is 0. The van der Waals surface area contributed by atoms with Gasteiger partial charge in [-0.25, -0.2) is 0 Å². The molecule has 1 aliphatic rings. The van der Waals surface area contributed by atoms with Crippen LogP contribution in [0.3, 0.4) is 0 Å². The van der Waals surface area contributed by atoms with Crippen molar-refractivity contribution >= 4 is 5.69 Å². The molecule has 0 bridgehead atoms. The quantitative estimate of drug-likeness (QED) is 0.722. The number of benzene rings is 1. The Labute approximate surface area is 99.3 Å². The van der Waals surface area contributed by atoms with Gasteiger partial charge >= 0.3 is 0 Å². The maximum atomic E-state index is 3.73. The van der Waals surface area contributed by atoms with Crippen molar-refractivity contribution in [1.82, 2.24) is 0 Å². The largest absolute Gasteiger partial charge is 0.382 e. The van der Waals surface area contributed by atoms with Gasteiger partial charge in [0, 0.05) is 11.7 Å². The second kappa shape index (κ2) is 5.38. The first-order chi connectivity index (χ1) is 7.75. The third kappa shape index (κ3) is 3.01. The number of aryl methyl sites for hydroxylation is 2. The summed E-state index contributed by atoms with van der Waals surface area (Å²) in [5.41, 5.74) is 4.06. The summed E-state index contributed by atoms with van der Waals surface area (Å²) in [5.74, 6) is 0. The monoisotopic (exact) mass is 217 g/mol. The van der Waals surface area contributed by atoms with Gasteiger partial charge in [0.2, 0.25) is 0 Å². The van der Waals surface area contributed by atoms with Gasteiger partial charge in [0.15, 0.2) is 0 Å². The highest BCUT2D eigenvalue weighted by molar-refractivity contribution is 5.53. The molecular formula is C15H23N. The van der Waals surface area contributed by atoms with Crippen molar-refractivity contribution in [2.45, 2.75) is 58.4 Å². The summed E-state index contributed by atoms with van der Waals surface area (Å²) in [6, 6.07) is 7.38. The SMILES string of the molecule is Cc1ccc(C)c(NC2CCCCCC2)c1. The van der Waals surface area contributed by atoms with E-state index in [0.29, 0.717) is 6.04 Å². The minimum absolute atomic E-state index is 0.697. The molecule has 16 heavy (non-hydrogen) atoms. The highest BCUT2D eigenvalue weighted by Crippen LogP contribution is 2.23. The number of rotatable bonds is 2. The molecule has 1 aliphatic carbocycles. The van der Waals surface area contributed by atoms with Crippen LogP contribution in [0.4, 0.5) is 5.69 Å². The van der Waals surface area contributed by atoms with Gasteiger partial charge in [0.05, 0.1) is 0 Å². The van der Waals surface area contributed by atoms with Crippen molar-refractivity contribution in [2.24, 2.45) is 0 Å². The molecule has 1 saturated carbocycles. The molecule has 0 radical (unpaired) electrons. The highest BCUT2D eigenvalue weighted by atomic mass is 14.9. The van der Waals surface area contributed by atoms with E-state index in [1.807, 2.05) is 0 Å².